The van der Waals surface area contributed by atoms with Gasteiger partial charge in [-0.05, 0) is 146 Å². The van der Waals surface area contributed by atoms with Gasteiger partial charge in [-0.25, -0.2) is 9.97 Å². The van der Waals surface area contributed by atoms with Crippen molar-refractivity contribution in [2.45, 2.75) is 158 Å². The first-order valence-corrected chi connectivity index (χ1v) is 35.7. The van der Waals surface area contributed by atoms with Gasteiger partial charge in [0.1, 0.15) is 75.6 Å². The summed E-state index contributed by atoms with van der Waals surface area (Å²) in [4.78, 5) is 42.9. The van der Waals surface area contributed by atoms with Crippen molar-refractivity contribution >= 4 is 44.1 Å². The standard InChI is InChI=1S/C76H112N12O4.4HI.Zn/c1-13-21-37-85(9,38-22-14-2)45-49-89-57-29-33-61-65(53-57)73-77-69(61)82-74-67-55-59(91-51-47-87(11,41-25-17-5)42-26-18-6)31-35-63(67)71(79-74)84-76-68-56-60(92-52-48-88(12,43-27-19-7)44-28-20-8)32-36-64(68)72(80-76)83-75-66-54-58(30-34-62(66)70(78-75)81-73)90-50-46-86(10,39-23-15-3)40-24-16-4;;;;;/h29-36,53-56H,13-28,37-52H2,1-12H3;4*1H;/q+2;;;;;+2/p-4. The van der Waals surface area contributed by atoms with Gasteiger partial charge in [0.05, 0.1) is 104 Å². The molecule has 0 N–H and O–H groups in total. The summed E-state index contributed by atoms with van der Waals surface area (Å²) in [6.07, 6.45) is 18.9. The maximum atomic E-state index is 6.70. The second-order valence-corrected chi connectivity index (χ2v) is 27.7. The van der Waals surface area contributed by atoms with E-state index in [1.807, 2.05) is 24.3 Å². The van der Waals surface area contributed by atoms with Crippen LogP contribution in [0.2, 0.25) is 0 Å². The Morgan fingerprint density at radius 3 is 0.763 bits per heavy atom. The number of hydrogen-bond donors (Lipinski definition) is 0. The second kappa shape index (κ2) is 41.8. The van der Waals surface area contributed by atoms with Crippen LogP contribution < -0.4 is 125 Å². The van der Waals surface area contributed by atoms with Crippen LogP contribution in [0, 0.1) is 0 Å². The van der Waals surface area contributed by atoms with Gasteiger partial charge in [0.25, 0.3) is 0 Å². The van der Waals surface area contributed by atoms with Gasteiger partial charge in [-0.3, -0.25) is 0 Å². The van der Waals surface area contributed by atoms with E-state index in [1.54, 1.807) is 0 Å². The Kier molecular flexibility index (Phi) is 37.2. The molecule has 3 aromatic heterocycles. The minimum atomic E-state index is 0. The van der Waals surface area contributed by atoms with Crippen LogP contribution in [0.1, 0.15) is 158 Å². The molecule has 0 atom stereocenters. The molecule has 530 valence electrons. The molecule has 2 aliphatic heterocycles. The number of fused-ring (bicyclic) bond motifs is 20. The van der Waals surface area contributed by atoms with Crippen molar-refractivity contribution in [3.8, 4) is 68.5 Å². The summed E-state index contributed by atoms with van der Waals surface area (Å²) in [5, 5.41) is 3.24. The maximum Gasteiger partial charge on any atom is 2.00 e. The van der Waals surface area contributed by atoms with Crippen LogP contribution in [0.5, 0.6) is 23.0 Å². The average molecular weight is 1830 g/mol. The molecule has 0 radical (unpaired) electrons. The topological polar surface area (TPSA) is 142 Å². The predicted molar refractivity (Wildman–Crippen MR) is 378 cm³/mol. The van der Waals surface area contributed by atoms with Crippen molar-refractivity contribution in [1.29, 1.82) is 0 Å². The molecule has 21 heteroatoms. The van der Waals surface area contributed by atoms with E-state index in [4.69, 9.17) is 58.8 Å². The third-order valence-electron chi connectivity index (χ3n) is 19.6. The molecule has 5 heterocycles. The van der Waals surface area contributed by atoms with E-state index in [1.165, 1.54) is 103 Å². The third-order valence-corrected chi connectivity index (χ3v) is 19.6. The minimum Gasteiger partial charge on any atom is -1.00 e. The number of likely N-dealkylation sites (N-methyl/N-ethyl adjacent to an activating group) is 4. The number of nitrogens with zero attached hydrogens (tertiary/aromatic N) is 12. The van der Waals surface area contributed by atoms with Gasteiger partial charge in [-0.2, -0.15) is 0 Å². The molecule has 16 nitrogen and oxygen atoms in total. The zero-order valence-electron chi connectivity index (χ0n) is 60.8. The summed E-state index contributed by atoms with van der Waals surface area (Å²) in [6, 6.07) is 24.7. The van der Waals surface area contributed by atoms with Crippen LogP contribution in [0.3, 0.4) is 0 Å². The summed E-state index contributed by atoms with van der Waals surface area (Å²) in [5.41, 5.74) is 5.16. The van der Waals surface area contributed by atoms with Crippen molar-refractivity contribution in [3.63, 3.8) is 0 Å². The van der Waals surface area contributed by atoms with Crippen LogP contribution >= 0.6 is 0 Å². The van der Waals surface area contributed by atoms with Crippen LogP contribution in [0.4, 0.5) is 0 Å². The van der Waals surface area contributed by atoms with Gasteiger partial charge in [0.2, 0.25) is 0 Å². The second-order valence-electron chi connectivity index (χ2n) is 27.7. The number of hydrogen-bond acceptors (Lipinski definition) is 10. The Morgan fingerprint density at radius 2 is 0.505 bits per heavy atom. The molecule has 0 saturated heterocycles. The van der Waals surface area contributed by atoms with Gasteiger partial charge in [-0.15, -0.1) is 0 Å². The average Bonchev–Trinajstić information content (AvgIpc) is 1.60. The molecule has 0 saturated carbocycles. The fourth-order valence-corrected chi connectivity index (χ4v) is 13.1. The Balaban J connectivity index is 0.00000400. The van der Waals surface area contributed by atoms with Crippen LogP contribution in [-0.4, -0.2) is 181 Å². The van der Waals surface area contributed by atoms with E-state index < -0.39 is 0 Å². The number of ether oxygens (including phenoxy) is 4. The molecular weight excluding hydrogens is 1720 g/mol. The third kappa shape index (κ3) is 23.4. The van der Waals surface area contributed by atoms with Crippen molar-refractivity contribution in [2.24, 2.45) is 0 Å². The molecule has 97 heavy (non-hydrogen) atoms. The Labute approximate surface area is 662 Å². The van der Waals surface area contributed by atoms with E-state index in [9.17, 15) is 0 Å². The molecule has 4 aromatic carbocycles. The Morgan fingerprint density at radius 1 is 0.278 bits per heavy atom. The monoisotopic (exact) mass is 1830 g/mol. The number of quaternary nitrogens is 4. The van der Waals surface area contributed by atoms with E-state index >= 15 is 0 Å². The molecule has 2 aliphatic rings. The number of rotatable bonds is 40. The number of benzene rings is 4. The quantitative estimate of drug-likeness (QED) is 0.0313. The predicted octanol–water partition coefficient (Wildman–Crippen LogP) is 3.84. The minimum absolute atomic E-state index is 0. The smallest absolute Gasteiger partial charge is 1.00 e. The number of aromatic nitrogens is 8. The summed E-state index contributed by atoms with van der Waals surface area (Å²) >= 11 is 0. The Hall–Kier alpha value is -3.18. The molecule has 0 spiro atoms. The molecule has 0 fully saturated rings. The van der Waals surface area contributed by atoms with Gasteiger partial charge in [-0.1, -0.05) is 107 Å². The largest absolute Gasteiger partial charge is 2.00 e. The molecule has 7 aromatic rings. The van der Waals surface area contributed by atoms with E-state index in [-0.39, 0.29) is 115 Å². The van der Waals surface area contributed by atoms with Crippen molar-refractivity contribution in [3.05, 3.63) is 72.8 Å². The fourth-order valence-electron chi connectivity index (χ4n) is 13.1. The summed E-state index contributed by atoms with van der Waals surface area (Å²) in [7, 11) is 9.51. The first-order chi connectivity index (χ1) is 44.6. The summed E-state index contributed by atoms with van der Waals surface area (Å²) in [6.45, 7) is 33.3. The SMILES string of the molecule is CCCC[N+](C)(CCCC)CCOc1ccc2c(c1)-c1nc-2nc2[n-]c(nc3nc(nc4[n-]c(n1)c1ccc(OCC[N+](C)(CCCC)CCCC)cc41)-c1ccc(OCC[N+](C)(CCCC)CCCC)cc1-3)c1ccc(OCC[N+](C)(CCCC)CCCC)cc21.[I-].[I-].[I-].[I-].[Zn+2]. The summed E-state index contributed by atoms with van der Waals surface area (Å²) in [5.74, 6) is 4.93. The number of halogens is 4. The molecular formula is C76H112I4N12O4Zn. The molecule has 0 unspecified atom stereocenters. The van der Waals surface area contributed by atoms with Crippen LogP contribution in [0.25, 0.3) is 89.7 Å². The molecule has 9 rings (SSSR count). The van der Waals surface area contributed by atoms with Crippen LogP contribution in [0.15, 0.2) is 72.8 Å². The van der Waals surface area contributed by atoms with Crippen LogP contribution in [-0.2, 0) is 19.5 Å². The van der Waals surface area contributed by atoms with Crippen molar-refractivity contribution in [2.75, 3.05) is 133 Å². The zero-order valence-corrected chi connectivity index (χ0v) is 72.4. The first kappa shape index (κ1) is 86.2. The summed E-state index contributed by atoms with van der Waals surface area (Å²) < 4.78 is 30.7. The maximum absolute atomic E-state index is 6.70. The van der Waals surface area contributed by atoms with E-state index in [0.717, 1.165) is 163 Å². The zero-order chi connectivity index (χ0) is 65.1. The fraction of sp³-hybridized carbons (Fsp3) is 0.579. The van der Waals surface area contributed by atoms with Gasteiger partial charge < -0.3 is 163 Å². The van der Waals surface area contributed by atoms with Gasteiger partial charge in [0.15, 0.2) is 0 Å². The van der Waals surface area contributed by atoms with Crippen molar-refractivity contribution in [1.82, 2.24) is 39.9 Å². The molecule has 0 aliphatic carbocycles. The van der Waals surface area contributed by atoms with Gasteiger partial charge >= 0.3 is 19.5 Å². The van der Waals surface area contributed by atoms with E-state index in [2.05, 4.69) is 132 Å². The normalized spacial score (nSPS) is 12.0. The molecule has 0 amide bonds. The van der Waals surface area contributed by atoms with Crippen molar-refractivity contribution < 1.29 is 152 Å². The van der Waals surface area contributed by atoms with Gasteiger partial charge in [0, 0.05) is 44.8 Å². The first-order valence-electron chi connectivity index (χ1n) is 35.7. The Bertz CT molecular complexity index is 3450. The molecule has 8 bridgehead atoms. The number of unbranched alkanes of at least 4 members (excludes halogenated alkanes) is 8. The van der Waals surface area contributed by atoms with E-state index in [0.29, 0.717) is 72.3 Å².